The molecule has 3 rings (SSSR count). The highest BCUT2D eigenvalue weighted by Crippen LogP contribution is 2.29. The van der Waals surface area contributed by atoms with Crippen molar-refractivity contribution in [2.75, 3.05) is 11.9 Å². The number of aryl methyl sites for hydroxylation is 1. The average molecular weight is 408 g/mol. The van der Waals surface area contributed by atoms with E-state index in [1.165, 1.54) is 0 Å². The van der Waals surface area contributed by atoms with E-state index >= 15 is 0 Å². The number of fused-ring (bicyclic) bond motifs is 1. The van der Waals surface area contributed by atoms with Crippen LogP contribution in [0, 0.1) is 5.92 Å². The van der Waals surface area contributed by atoms with Crippen LogP contribution in [0.15, 0.2) is 51.7 Å². The Balaban J connectivity index is 1.94. The zero-order valence-corrected chi connectivity index (χ0v) is 17.7. The van der Waals surface area contributed by atoms with Crippen molar-refractivity contribution in [2.45, 2.75) is 40.2 Å². The second-order valence-corrected chi connectivity index (χ2v) is 7.72. The maximum absolute atomic E-state index is 12.7. The molecule has 0 unspecified atom stereocenters. The van der Waals surface area contributed by atoms with Crippen LogP contribution in [0.25, 0.3) is 11.0 Å². The van der Waals surface area contributed by atoms with Gasteiger partial charge < -0.3 is 20.2 Å². The normalized spacial score (nSPS) is 11.1. The van der Waals surface area contributed by atoms with Crippen LogP contribution in [0.4, 0.5) is 5.69 Å². The van der Waals surface area contributed by atoms with Crippen molar-refractivity contribution in [1.82, 2.24) is 0 Å². The zero-order valence-electron chi connectivity index (χ0n) is 17.7. The molecule has 30 heavy (non-hydrogen) atoms. The third-order valence-electron chi connectivity index (χ3n) is 4.73. The number of nitrogens with one attached hydrogen (secondary N) is 1. The molecule has 0 radical (unpaired) electrons. The van der Waals surface area contributed by atoms with Crippen molar-refractivity contribution in [3.05, 3.63) is 69.6 Å². The molecule has 3 N–H and O–H groups in total. The minimum atomic E-state index is -0.669. The van der Waals surface area contributed by atoms with Crippen LogP contribution in [-0.4, -0.2) is 12.5 Å². The van der Waals surface area contributed by atoms with Crippen LogP contribution in [0.2, 0.25) is 0 Å². The molecule has 0 saturated heterocycles. The highest BCUT2D eigenvalue weighted by molar-refractivity contribution is 6.05. The Labute approximate surface area is 176 Å². The largest absolute Gasteiger partial charge is 0.493 e. The van der Waals surface area contributed by atoms with Crippen molar-refractivity contribution in [3.8, 4) is 5.75 Å². The maximum Gasteiger partial charge on any atom is 0.349 e. The topological polar surface area (TPSA) is 94.6 Å². The Bertz CT molecular complexity index is 1080. The molecule has 0 bridgehead atoms. The smallest absolute Gasteiger partial charge is 0.349 e. The summed E-state index contributed by atoms with van der Waals surface area (Å²) in [6.07, 6.45) is 1.59. The SMILES string of the molecule is CCCc1c(OCC(C)C)ccc2cc(C(=O)Nc3ccc(CN)cc3)c(=O)oc12. The molecule has 0 aliphatic heterocycles. The van der Waals surface area contributed by atoms with Crippen molar-refractivity contribution < 1.29 is 13.9 Å². The molecule has 1 amide bonds. The molecule has 3 aromatic rings. The van der Waals surface area contributed by atoms with Gasteiger partial charge in [-0.3, -0.25) is 4.79 Å². The van der Waals surface area contributed by atoms with Gasteiger partial charge in [0.15, 0.2) is 0 Å². The fourth-order valence-electron chi connectivity index (χ4n) is 3.18. The molecule has 6 heteroatoms. The van der Waals surface area contributed by atoms with Crippen molar-refractivity contribution >= 4 is 22.6 Å². The van der Waals surface area contributed by atoms with E-state index in [0.717, 1.165) is 23.3 Å². The Morgan fingerprint density at radius 3 is 2.53 bits per heavy atom. The first-order chi connectivity index (χ1) is 14.4. The lowest BCUT2D eigenvalue weighted by Crippen LogP contribution is -2.21. The van der Waals surface area contributed by atoms with E-state index in [0.29, 0.717) is 42.1 Å². The monoisotopic (exact) mass is 408 g/mol. The number of hydrogen-bond acceptors (Lipinski definition) is 5. The molecule has 0 saturated carbocycles. The number of carbonyl (C=O) groups excluding carboxylic acids is 1. The minimum Gasteiger partial charge on any atom is -0.493 e. The zero-order chi connectivity index (χ0) is 21.7. The van der Waals surface area contributed by atoms with Crippen LogP contribution in [0.1, 0.15) is 48.7 Å². The summed E-state index contributed by atoms with van der Waals surface area (Å²) in [7, 11) is 0. The van der Waals surface area contributed by atoms with Gasteiger partial charge in [-0.2, -0.15) is 0 Å². The van der Waals surface area contributed by atoms with E-state index in [2.05, 4.69) is 26.1 Å². The van der Waals surface area contributed by atoms with Gasteiger partial charge >= 0.3 is 5.63 Å². The molecule has 1 aromatic heterocycles. The lowest BCUT2D eigenvalue weighted by molar-refractivity contribution is 0.102. The predicted octanol–water partition coefficient (Wildman–Crippen LogP) is 4.49. The van der Waals surface area contributed by atoms with Gasteiger partial charge in [-0.1, -0.05) is 39.3 Å². The van der Waals surface area contributed by atoms with E-state index in [1.807, 2.05) is 24.3 Å². The predicted molar refractivity (Wildman–Crippen MR) is 119 cm³/mol. The summed E-state index contributed by atoms with van der Waals surface area (Å²) >= 11 is 0. The van der Waals surface area contributed by atoms with E-state index in [-0.39, 0.29) is 5.56 Å². The van der Waals surface area contributed by atoms with Crippen molar-refractivity contribution in [2.24, 2.45) is 11.7 Å². The third-order valence-corrected chi connectivity index (χ3v) is 4.73. The van der Waals surface area contributed by atoms with Gasteiger partial charge in [0, 0.05) is 23.2 Å². The second-order valence-electron chi connectivity index (χ2n) is 7.72. The van der Waals surface area contributed by atoms with Crippen molar-refractivity contribution in [1.29, 1.82) is 0 Å². The highest BCUT2D eigenvalue weighted by Gasteiger charge is 2.18. The Morgan fingerprint density at radius 2 is 1.90 bits per heavy atom. The lowest BCUT2D eigenvalue weighted by atomic mass is 10.0. The van der Waals surface area contributed by atoms with E-state index in [1.54, 1.807) is 18.2 Å². The summed E-state index contributed by atoms with van der Waals surface area (Å²) in [4.78, 5) is 25.3. The van der Waals surface area contributed by atoms with E-state index in [4.69, 9.17) is 14.9 Å². The van der Waals surface area contributed by atoms with Crippen molar-refractivity contribution in [3.63, 3.8) is 0 Å². The van der Waals surface area contributed by atoms with Crippen LogP contribution in [0.3, 0.4) is 0 Å². The third kappa shape index (κ3) is 4.89. The molecule has 158 valence electrons. The van der Waals surface area contributed by atoms with Gasteiger partial charge in [0.25, 0.3) is 5.91 Å². The van der Waals surface area contributed by atoms with Gasteiger partial charge in [0.2, 0.25) is 0 Å². The standard InChI is InChI=1S/C24H28N2O4/c1-4-5-19-21(29-14-15(2)3)11-8-17-12-20(24(28)30-22(17)19)23(27)26-18-9-6-16(13-25)7-10-18/h6-12,15H,4-5,13-14,25H2,1-3H3,(H,26,27). The molecule has 6 nitrogen and oxygen atoms in total. The Morgan fingerprint density at radius 1 is 1.17 bits per heavy atom. The minimum absolute atomic E-state index is 0.0382. The number of carbonyl (C=O) groups is 1. The number of ether oxygens (including phenoxy) is 1. The van der Waals surface area contributed by atoms with Gasteiger partial charge in [-0.05, 0) is 48.2 Å². The molecule has 1 heterocycles. The first kappa shape index (κ1) is 21.6. The average Bonchev–Trinajstić information content (AvgIpc) is 2.73. The van der Waals surface area contributed by atoms with Crippen LogP contribution in [0.5, 0.6) is 5.75 Å². The first-order valence-corrected chi connectivity index (χ1v) is 10.3. The van der Waals surface area contributed by atoms with Gasteiger partial charge in [0.1, 0.15) is 16.9 Å². The number of amides is 1. The second kappa shape index (κ2) is 9.59. The summed E-state index contributed by atoms with van der Waals surface area (Å²) < 4.78 is 11.5. The molecule has 0 aliphatic carbocycles. The molecule has 0 spiro atoms. The first-order valence-electron chi connectivity index (χ1n) is 10.3. The molecule has 0 aliphatic rings. The number of hydrogen-bond donors (Lipinski definition) is 2. The highest BCUT2D eigenvalue weighted by atomic mass is 16.5. The van der Waals surface area contributed by atoms with Gasteiger partial charge in [-0.25, -0.2) is 4.79 Å². The van der Waals surface area contributed by atoms with Crippen LogP contribution in [-0.2, 0) is 13.0 Å². The summed E-state index contributed by atoms with van der Waals surface area (Å²) in [6, 6.07) is 12.4. The number of benzene rings is 2. The summed E-state index contributed by atoms with van der Waals surface area (Å²) in [5, 5.41) is 3.43. The Kier molecular flexibility index (Phi) is 6.90. The maximum atomic E-state index is 12.7. The fourth-order valence-corrected chi connectivity index (χ4v) is 3.18. The quantitative estimate of drug-likeness (QED) is 0.536. The lowest BCUT2D eigenvalue weighted by Gasteiger charge is -2.14. The fraction of sp³-hybridized carbons (Fsp3) is 0.333. The van der Waals surface area contributed by atoms with Crippen LogP contribution < -0.4 is 21.4 Å². The molecular weight excluding hydrogens is 380 g/mol. The molecule has 0 atom stereocenters. The number of anilines is 1. The Hall–Kier alpha value is -3.12. The van der Waals surface area contributed by atoms with Gasteiger partial charge in [-0.15, -0.1) is 0 Å². The summed E-state index contributed by atoms with van der Waals surface area (Å²) in [5.74, 6) is 0.592. The number of rotatable bonds is 8. The molecule has 0 fully saturated rings. The molecular formula is C24H28N2O4. The summed E-state index contributed by atoms with van der Waals surface area (Å²) in [6.45, 7) is 7.21. The molecule has 2 aromatic carbocycles. The van der Waals surface area contributed by atoms with Gasteiger partial charge in [0.05, 0.1) is 6.61 Å². The number of nitrogens with two attached hydrogens (primary N) is 1. The summed E-state index contributed by atoms with van der Waals surface area (Å²) in [5.41, 5.74) is 7.76. The van der Waals surface area contributed by atoms with E-state index in [9.17, 15) is 9.59 Å². The van der Waals surface area contributed by atoms with Crippen LogP contribution >= 0.6 is 0 Å². The van der Waals surface area contributed by atoms with E-state index < -0.39 is 11.5 Å².